The monoisotopic (exact) mass is 532 g/mol. The van der Waals surface area contributed by atoms with Crippen LogP contribution in [0, 0.1) is 0 Å². The number of ether oxygens (including phenoxy) is 2. The maximum absolute atomic E-state index is 13.6. The zero-order valence-corrected chi connectivity index (χ0v) is 16.3. The van der Waals surface area contributed by atoms with Crippen LogP contribution in [0.25, 0.3) is 0 Å². The first-order chi connectivity index (χ1) is 14.4. The van der Waals surface area contributed by atoms with Gasteiger partial charge in [0.1, 0.15) is 6.61 Å². The van der Waals surface area contributed by atoms with Crippen LogP contribution in [0.15, 0.2) is 0 Å². The quantitative estimate of drug-likeness (QED) is 0.138. The van der Waals surface area contributed by atoms with Gasteiger partial charge in [0.05, 0.1) is 0 Å². The number of alkyl halides is 16. The zero-order chi connectivity index (χ0) is 26.9. The Kier molecular flexibility index (Phi) is 9.45. The molecule has 1 atom stereocenters. The highest BCUT2D eigenvalue weighted by molar-refractivity contribution is 5.14. The highest BCUT2D eigenvalue weighted by atomic mass is 19.4. The van der Waals surface area contributed by atoms with E-state index in [4.69, 9.17) is 0 Å². The third-order valence-electron chi connectivity index (χ3n) is 4.08. The second-order valence-corrected chi connectivity index (χ2v) is 6.60. The molecule has 0 spiro atoms. The summed E-state index contributed by atoms with van der Waals surface area (Å²) in [5.74, 6) is -54.7. The number of unbranched alkanes of at least 4 members (excludes halogenated alkanes) is 1. The summed E-state index contributed by atoms with van der Waals surface area (Å²) in [5, 5.41) is 0. The lowest BCUT2D eigenvalue weighted by Crippen LogP contribution is -2.74. The Morgan fingerprint density at radius 3 is 1.39 bits per heavy atom. The molecule has 0 fully saturated rings. The summed E-state index contributed by atoms with van der Waals surface area (Å²) in [7, 11) is 0. The summed E-state index contributed by atoms with van der Waals surface area (Å²) in [6.45, 7) is -0.790. The molecule has 0 radical (unpaired) electrons. The maximum atomic E-state index is 13.6. The summed E-state index contributed by atoms with van der Waals surface area (Å²) >= 11 is 0. The first-order valence-electron chi connectivity index (χ1n) is 8.56. The van der Waals surface area contributed by atoms with Crippen molar-refractivity contribution in [3.8, 4) is 0 Å². The van der Waals surface area contributed by atoms with E-state index >= 15 is 0 Å². The fraction of sp³-hybridized carbons (Fsp3) is 1.00. The van der Waals surface area contributed by atoms with Gasteiger partial charge < -0.3 is 9.47 Å². The van der Waals surface area contributed by atoms with Crippen LogP contribution in [0.2, 0.25) is 0 Å². The Bertz CT molecular complexity index is 633. The van der Waals surface area contributed by atoms with E-state index in [1.165, 1.54) is 0 Å². The topological polar surface area (TPSA) is 18.5 Å². The van der Waals surface area contributed by atoms with Gasteiger partial charge in [0.2, 0.25) is 0 Å². The molecule has 0 heterocycles. The molecule has 0 saturated heterocycles. The van der Waals surface area contributed by atoms with Crippen molar-refractivity contribution in [2.75, 3.05) is 13.2 Å². The molecule has 0 N–H and O–H groups in total. The molecule has 0 aliphatic heterocycles. The Morgan fingerprint density at radius 1 is 0.606 bits per heavy atom. The van der Waals surface area contributed by atoms with Gasteiger partial charge >= 0.3 is 47.9 Å². The molecule has 2 nitrogen and oxygen atoms in total. The van der Waals surface area contributed by atoms with E-state index in [2.05, 4.69) is 9.47 Å². The van der Waals surface area contributed by atoms with Crippen molar-refractivity contribution in [1.82, 2.24) is 0 Å². The summed E-state index contributed by atoms with van der Waals surface area (Å²) in [6, 6.07) is 0. The number of hydrogen-bond acceptors (Lipinski definition) is 2. The molecule has 0 aliphatic rings. The first kappa shape index (κ1) is 31.8. The van der Waals surface area contributed by atoms with Crippen molar-refractivity contribution in [1.29, 1.82) is 0 Å². The van der Waals surface area contributed by atoms with Gasteiger partial charge in [0.25, 0.3) is 0 Å². The molecular formula is C15H16F16O2. The lowest BCUT2D eigenvalue weighted by Gasteiger charge is -2.42. The van der Waals surface area contributed by atoms with Crippen LogP contribution in [0.5, 0.6) is 0 Å². The fourth-order valence-corrected chi connectivity index (χ4v) is 1.92. The minimum Gasteiger partial charge on any atom is -0.353 e. The van der Waals surface area contributed by atoms with E-state index < -0.39 is 60.8 Å². The van der Waals surface area contributed by atoms with E-state index in [9.17, 15) is 70.2 Å². The van der Waals surface area contributed by atoms with Crippen LogP contribution >= 0.6 is 0 Å². The number of rotatable bonds is 14. The molecular weight excluding hydrogens is 516 g/mol. The van der Waals surface area contributed by atoms with E-state index in [1.807, 2.05) is 0 Å². The minimum atomic E-state index is -8.40. The Balaban J connectivity index is 6.10. The molecule has 1 unspecified atom stereocenters. The highest BCUT2D eigenvalue weighted by Gasteiger charge is 2.93. The Hall–Kier alpha value is -1.20. The molecule has 200 valence electrons. The van der Waals surface area contributed by atoms with Crippen molar-refractivity contribution < 1.29 is 79.7 Å². The van der Waals surface area contributed by atoms with E-state index in [-0.39, 0.29) is 13.0 Å². The SMILES string of the molecule is CCCCOC(C)OCC(F)(F)C(F)(F)C(F)(F)C(F)(F)C(F)(F)C(F)(F)C(F)(F)C(F)F. The van der Waals surface area contributed by atoms with Crippen molar-refractivity contribution >= 4 is 0 Å². The Morgan fingerprint density at radius 2 is 1.00 bits per heavy atom. The minimum absolute atomic E-state index is 0.243. The van der Waals surface area contributed by atoms with Gasteiger partial charge in [-0.3, -0.25) is 0 Å². The lowest BCUT2D eigenvalue weighted by atomic mass is 9.89. The molecule has 0 aromatic carbocycles. The first-order valence-corrected chi connectivity index (χ1v) is 8.56. The molecule has 0 aromatic heterocycles. The lowest BCUT2D eigenvalue weighted by molar-refractivity contribution is -0.448. The van der Waals surface area contributed by atoms with Crippen molar-refractivity contribution in [3.63, 3.8) is 0 Å². The second kappa shape index (κ2) is 9.81. The van der Waals surface area contributed by atoms with Crippen LogP contribution in [0.4, 0.5) is 70.2 Å². The predicted octanol–water partition coefficient (Wildman–Crippen LogP) is 6.88. The highest BCUT2D eigenvalue weighted by Crippen LogP contribution is 2.62. The smallest absolute Gasteiger partial charge is 0.353 e. The summed E-state index contributed by atoms with van der Waals surface area (Å²) < 4.78 is 219. The van der Waals surface area contributed by atoms with Crippen LogP contribution < -0.4 is 0 Å². The molecule has 0 amide bonds. The van der Waals surface area contributed by atoms with E-state index in [0.29, 0.717) is 6.42 Å². The summed E-state index contributed by atoms with van der Waals surface area (Å²) in [4.78, 5) is 0. The van der Waals surface area contributed by atoms with Gasteiger partial charge in [-0.05, 0) is 13.3 Å². The standard InChI is InChI=1S/C15H16F16O2/c1-3-4-5-32-7(2)33-6-9(18,19)11(22,23)13(26,27)15(30,31)14(28,29)12(24,25)10(20,21)8(16)17/h7-8H,3-6H2,1-2H3. The molecule has 18 heteroatoms. The van der Waals surface area contributed by atoms with Crippen LogP contribution in [0.3, 0.4) is 0 Å². The molecule has 0 aliphatic carbocycles. The second-order valence-electron chi connectivity index (χ2n) is 6.60. The zero-order valence-electron chi connectivity index (χ0n) is 16.3. The third kappa shape index (κ3) is 5.24. The largest absolute Gasteiger partial charge is 0.384 e. The summed E-state index contributed by atoms with van der Waals surface area (Å²) in [5.41, 5.74) is 0. The van der Waals surface area contributed by atoms with Gasteiger partial charge in [-0.25, -0.2) is 8.78 Å². The number of hydrogen-bond donors (Lipinski definition) is 0. The van der Waals surface area contributed by atoms with Crippen molar-refractivity contribution in [3.05, 3.63) is 0 Å². The van der Waals surface area contributed by atoms with E-state index in [0.717, 1.165) is 6.92 Å². The third-order valence-corrected chi connectivity index (χ3v) is 4.08. The fourth-order valence-electron chi connectivity index (χ4n) is 1.92. The van der Waals surface area contributed by atoms with Crippen LogP contribution in [-0.2, 0) is 9.47 Å². The van der Waals surface area contributed by atoms with Crippen molar-refractivity contribution in [2.24, 2.45) is 0 Å². The molecule has 0 saturated carbocycles. The van der Waals surface area contributed by atoms with Crippen LogP contribution in [-0.4, -0.2) is 67.4 Å². The summed E-state index contributed by atoms with van der Waals surface area (Å²) in [6.07, 6.45) is -7.00. The van der Waals surface area contributed by atoms with Gasteiger partial charge in [-0.15, -0.1) is 0 Å². The Labute approximate surface area is 175 Å². The molecule has 0 bridgehead atoms. The molecule has 33 heavy (non-hydrogen) atoms. The van der Waals surface area contributed by atoms with E-state index in [1.54, 1.807) is 6.92 Å². The number of halogens is 16. The average Bonchev–Trinajstić information content (AvgIpc) is 2.65. The average molecular weight is 532 g/mol. The predicted molar refractivity (Wildman–Crippen MR) is 76.9 cm³/mol. The van der Waals surface area contributed by atoms with Crippen LogP contribution in [0.1, 0.15) is 26.7 Å². The van der Waals surface area contributed by atoms with Gasteiger partial charge in [0, 0.05) is 6.61 Å². The maximum Gasteiger partial charge on any atom is 0.384 e. The van der Waals surface area contributed by atoms with Crippen molar-refractivity contribution in [2.45, 2.75) is 80.9 Å². The van der Waals surface area contributed by atoms with Gasteiger partial charge in [-0.1, -0.05) is 13.3 Å². The molecule has 0 rings (SSSR count). The van der Waals surface area contributed by atoms with Gasteiger partial charge in [-0.2, -0.15) is 61.5 Å². The normalized spacial score (nSPS) is 16.5. The molecule has 0 aromatic rings. The van der Waals surface area contributed by atoms with Gasteiger partial charge in [0.15, 0.2) is 6.29 Å².